The Morgan fingerprint density at radius 2 is 1.97 bits per heavy atom. The third-order valence-corrected chi connectivity index (χ3v) is 5.00. The molecule has 2 aromatic rings. The highest BCUT2D eigenvalue weighted by Gasteiger charge is 2.17. The van der Waals surface area contributed by atoms with Gasteiger partial charge in [0.2, 0.25) is 0 Å². The molecule has 1 aliphatic rings. The lowest BCUT2D eigenvalue weighted by molar-refractivity contribution is -0.384. The molecule has 0 amide bonds. The second-order valence-electron chi connectivity index (χ2n) is 7.35. The predicted octanol–water partition coefficient (Wildman–Crippen LogP) is 3.80. The molecule has 2 aromatic carbocycles. The Bertz CT molecular complexity index is 884. The van der Waals surface area contributed by atoms with Crippen LogP contribution in [0.4, 0.5) is 5.69 Å². The molecule has 168 valence electrons. The van der Waals surface area contributed by atoms with Gasteiger partial charge in [-0.3, -0.25) is 15.1 Å². The molecule has 3 rings (SSSR count). The number of nitrogens with one attached hydrogen (secondary N) is 2. The summed E-state index contributed by atoms with van der Waals surface area (Å²) in [6.45, 7) is 5.36. The lowest BCUT2D eigenvalue weighted by Crippen LogP contribution is -2.36. The number of rotatable bonds is 8. The molecule has 1 unspecified atom stereocenters. The molecule has 0 aromatic heterocycles. The van der Waals surface area contributed by atoms with E-state index in [2.05, 4.69) is 33.8 Å². The van der Waals surface area contributed by atoms with Gasteiger partial charge < -0.3 is 20.1 Å². The van der Waals surface area contributed by atoms with Crippen molar-refractivity contribution in [3.8, 4) is 5.75 Å². The van der Waals surface area contributed by atoms with Crippen molar-refractivity contribution in [2.75, 3.05) is 26.9 Å². The molecule has 1 saturated heterocycles. The van der Waals surface area contributed by atoms with Crippen molar-refractivity contribution in [1.29, 1.82) is 0 Å². The van der Waals surface area contributed by atoms with Gasteiger partial charge in [-0.2, -0.15) is 0 Å². The van der Waals surface area contributed by atoms with E-state index in [1.165, 1.54) is 12.1 Å². The molecule has 0 saturated carbocycles. The maximum atomic E-state index is 10.8. The summed E-state index contributed by atoms with van der Waals surface area (Å²) in [5, 5.41) is 17.3. The van der Waals surface area contributed by atoms with Gasteiger partial charge in [0.15, 0.2) is 5.96 Å². The van der Waals surface area contributed by atoms with E-state index in [9.17, 15) is 10.1 Å². The molecule has 1 aliphatic heterocycles. The van der Waals surface area contributed by atoms with E-state index in [0.717, 1.165) is 42.1 Å². The molecule has 1 atom stereocenters. The van der Waals surface area contributed by atoms with Gasteiger partial charge in [-0.05, 0) is 30.5 Å². The van der Waals surface area contributed by atoms with Crippen molar-refractivity contribution < 1.29 is 14.4 Å². The summed E-state index contributed by atoms with van der Waals surface area (Å²) in [4.78, 5) is 14.6. The molecule has 8 nitrogen and oxygen atoms in total. The van der Waals surface area contributed by atoms with E-state index >= 15 is 0 Å². The van der Waals surface area contributed by atoms with Crippen LogP contribution in [0.25, 0.3) is 0 Å². The van der Waals surface area contributed by atoms with Crippen LogP contribution in [0.2, 0.25) is 0 Å². The quantitative estimate of drug-likeness (QED) is 0.174. The summed E-state index contributed by atoms with van der Waals surface area (Å²) < 4.78 is 11.5. The third-order valence-electron chi connectivity index (χ3n) is 5.00. The van der Waals surface area contributed by atoms with Gasteiger partial charge in [0.05, 0.1) is 18.1 Å². The first-order chi connectivity index (χ1) is 14.5. The van der Waals surface area contributed by atoms with Gasteiger partial charge >= 0.3 is 0 Å². The number of nitro benzene ring substituents is 1. The first-order valence-electron chi connectivity index (χ1n) is 10.0. The van der Waals surface area contributed by atoms with Crippen molar-refractivity contribution in [3.63, 3.8) is 0 Å². The van der Waals surface area contributed by atoms with E-state index in [0.29, 0.717) is 31.6 Å². The Labute approximate surface area is 199 Å². The van der Waals surface area contributed by atoms with Gasteiger partial charge in [0.25, 0.3) is 5.69 Å². The van der Waals surface area contributed by atoms with Gasteiger partial charge in [-0.15, -0.1) is 24.0 Å². The van der Waals surface area contributed by atoms with Gasteiger partial charge in [-0.25, -0.2) is 0 Å². The second kappa shape index (κ2) is 12.5. The topological polar surface area (TPSA) is 98.0 Å². The monoisotopic (exact) mass is 540 g/mol. The highest BCUT2D eigenvalue weighted by molar-refractivity contribution is 14.0. The van der Waals surface area contributed by atoms with Crippen LogP contribution >= 0.6 is 24.0 Å². The Morgan fingerprint density at radius 3 is 2.61 bits per heavy atom. The van der Waals surface area contributed by atoms with Crippen LogP contribution in [-0.2, 0) is 17.8 Å². The van der Waals surface area contributed by atoms with Crippen LogP contribution in [0.3, 0.4) is 0 Å². The first-order valence-corrected chi connectivity index (χ1v) is 10.0. The number of non-ortho nitro benzene ring substituents is 1. The van der Waals surface area contributed by atoms with E-state index in [1.54, 1.807) is 19.2 Å². The van der Waals surface area contributed by atoms with Gasteiger partial charge in [-0.1, -0.05) is 24.3 Å². The average Bonchev–Trinajstić information content (AvgIpc) is 3.27. The zero-order chi connectivity index (χ0) is 21.3. The minimum Gasteiger partial charge on any atom is -0.493 e. The number of nitrogens with zero attached hydrogens (tertiary/aromatic N) is 2. The van der Waals surface area contributed by atoms with Crippen LogP contribution in [0.5, 0.6) is 5.75 Å². The summed E-state index contributed by atoms with van der Waals surface area (Å²) in [6, 6.07) is 12.6. The fraction of sp³-hybridized carbons (Fsp3) is 0.409. The maximum Gasteiger partial charge on any atom is 0.269 e. The Hall–Kier alpha value is -2.40. The standard InChI is InChI=1S/C22H28N4O4.HI/c1-16-3-6-19(21(11-16)30-15-18-9-10-29-14-18)13-25-22(23-2)24-12-17-4-7-20(8-5-17)26(27)28;/h3-8,11,18H,9-10,12-15H2,1-2H3,(H2,23,24,25);1H. The van der Waals surface area contributed by atoms with Crippen LogP contribution < -0.4 is 15.4 Å². The maximum absolute atomic E-state index is 10.8. The SMILES string of the molecule is CN=C(NCc1ccc([N+](=O)[O-])cc1)NCc1ccc(C)cc1OCC1CCOC1.I. The molecule has 1 heterocycles. The van der Waals surface area contributed by atoms with E-state index in [-0.39, 0.29) is 29.7 Å². The molecule has 0 radical (unpaired) electrons. The zero-order valence-corrected chi connectivity index (χ0v) is 20.1. The molecule has 0 spiro atoms. The number of guanidine groups is 1. The second-order valence-corrected chi connectivity index (χ2v) is 7.35. The Balaban J connectivity index is 0.00000341. The first kappa shape index (κ1) is 24.9. The minimum absolute atomic E-state index is 0. The van der Waals surface area contributed by atoms with Gasteiger partial charge in [0, 0.05) is 50.4 Å². The number of aliphatic imine (C=N–C) groups is 1. The molecule has 0 bridgehead atoms. The van der Waals surface area contributed by atoms with Crippen molar-refractivity contribution in [2.45, 2.75) is 26.4 Å². The predicted molar refractivity (Wildman–Crippen MR) is 131 cm³/mol. The number of benzene rings is 2. The van der Waals surface area contributed by atoms with E-state index in [1.807, 2.05) is 6.92 Å². The highest BCUT2D eigenvalue weighted by Crippen LogP contribution is 2.22. The summed E-state index contributed by atoms with van der Waals surface area (Å²) in [5.74, 6) is 1.96. The number of ether oxygens (including phenoxy) is 2. The Kier molecular flexibility index (Phi) is 9.99. The van der Waals surface area contributed by atoms with Crippen LogP contribution in [-0.4, -0.2) is 37.8 Å². The largest absolute Gasteiger partial charge is 0.493 e. The Morgan fingerprint density at radius 1 is 1.23 bits per heavy atom. The fourth-order valence-electron chi connectivity index (χ4n) is 3.19. The summed E-state index contributed by atoms with van der Waals surface area (Å²) in [7, 11) is 1.71. The number of aryl methyl sites for hydroxylation is 1. The third kappa shape index (κ3) is 7.66. The number of hydrogen-bond donors (Lipinski definition) is 2. The summed E-state index contributed by atoms with van der Waals surface area (Å²) in [6.07, 6.45) is 1.04. The van der Waals surface area contributed by atoms with Gasteiger partial charge in [0.1, 0.15) is 5.75 Å². The van der Waals surface area contributed by atoms with Crippen LogP contribution in [0, 0.1) is 23.0 Å². The van der Waals surface area contributed by atoms with Crippen LogP contribution in [0.1, 0.15) is 23.1 Å². The van der Waals surface area contributed by atoms with Crippen molar-refractivity contribution in [2.24, 2.45) is 10.9 Å². The minimum atomic E-state index is -0.404. The number of nitro groups is 1. The summed E-state index contributed by atoms with van der Waals surface area (Å²) in [5.41, 5.74) is 3.22. The van der Waals surface area contributed by atoms with Crippen molar-refractivity contribution in [1.82, 2.24) is 10.6 Å². The molecule has 1 fully saturated rings. The lowest BCUT2D eigenvalue weighted by atomic mass is 10.1. The molecule has 9 heteroatoms. The molecular formula is C22H29IN4O4. The average molecular weight is 540 g/mol. The fourth-order valence-corrected chi connectivity index (χ4v) is 3.19. The normalized spacial score (nSPS) is 15.8. The highest BCUT2D eigenvalue weighted by atomic mass is 127. The number of halogens is 1. The van der Waals surface area contributed by atoms with Crippen molar-refractivity contribution >= 4 is 35.6 Å². The van der Waals surface area contributed by atoms with E-state index in [4.69, 9.17) is 9.47 Å². The molecular weight excluding hydrogens is 511 g/mol. The molecule has 2 N–H and O–H groups in total. The molecule has 0 aliphatic carbocycles. The smallest absolute Gasteiger partial charge is 0.269 e. The van der Waals surface area contributed by atoms with Crippen LogP contribution in [0.15, 0.2) is 47.5 Å². The molecule has 31 heavy (non-hydrogen) atoms. The van der Waals surface area contributed by atoms with Crippen molar-refractivity contribution in [3.05, 3.63) is 69.3 Å². The zero-order valence-electron chi connectivity index (χ0n) is 17.8. The van der Waals surface area contributed by atoms with E-state index < -0.39 is 4.92 Å². The summed E-state index contributed by atoms with van der Waals surface area (Å²) >= 11 is 0. The lowest BCUT2D eigenvalue weighted by Gasteiger charge is -2.17. The number of hydrogen-bond acceptors (Lipinski definition) is 5.